The van der Waals surface area contributed by atoms with Gasteiger partial charge in [0, 0.05) is 17.4 Å². The second kappa shape index (κ2) is 9.54. The predicted molar refractivity (Wildman–Crippen MR) is 105 cm³/mol. The minimum absolute atomic E-state index is 0.121. The predicted octanol–water partition coefficient (Wildman–Crippen LogP) is 5.47. The van der Waals surface area contributed by atoms with E-state index in [1.807, 2.05) is 24.3 Å². The van der Waals surface area contributed by atoms with Gasteiger partial charge in [-0.25, -0.2) is 0 Å². The first-order valence-electron chi connectivity index (χ1n) is 8.15. The van der Waals surface area contributed by atoms with Crippen molar-refractivity contribution in [3.63, 3.8) is 0 Å². The zero-order chi connectivity index (χ0) is 18.2. The highest BCUT2D eigenvalue weighted by molar-refractivity contribution is 6.42. The maximum absolute atomic E-state index is 12.1. The lowest BCUT2D eigenvalue weighted by Crippen LogP contribution is -2.21. The topological polar surface area (TPSA) is 50.4 Å². The molecule has 2 aromatic carbocycles. The van der Waals surface area contributed by atoms with Crippen LogP contribution < -0.4 is 15.4 Å². The smallest absolute Gasteiger partial charge is 0.243 e. The minimum atomic E-state index is -0.162. The number of carbonyl (C=O) groups is 1. The molecule has 0 aliphatic carbocycles. The number of halogens is 2. The van der Waals surface area contributed by atoms with E-state index in [0.717, 1.165) is 17.9 Å². The average molecular weight is 381 g/mol. The molecule has 0 saturated heterocycles. The molecule has 1 amide bonds. The van der Waals surface area contributed by atoms with Gasteiger partial charge in [0.2, 0.25) is 5.91 Å². The van der Waals surface area contributed by atoms with E-state index < -0.39 is 0 Å². The highest BCUT2D eigenvalue weighted by atomic mass is 35.5. The van der Waals surface area contributed by atoms with Crippen molar-refractivity contribution in [1.29, 1.82) is 0 Å². The van der Waals surface area contributed by atoms with Crippen molar-refractivity contribution < 1.29 is 9.53 Å². The summed E-state index contributed by atoms with van der Waals surface area (Å²) in [5, 5.41) is 6.77. The van der Waals surface area contributed by atoms with Crippen LogP contribution in [0.2, 0.25) is 10.0 Å². The van der Waals surface area contributed by atoms with Gasteiger partial charge in [-0.3, -0.25) is 4.79 Å². The number of nitrogens with one attached hydrogen (secondary N) is 2. The Morgan fingerprint density at radius 2 is 1.88 bits per heavy atom. The van der Waals surface area contributed by atoms with E-state index in [2.05, 4.69) is 24.5 Å². The molecule has 0 aromatic heterocycles. The molecule has 0 bridgehead atoms. The van der Waals surface area contributed by atoms with Crippen LogP contribution in [0.25, 0.3) is 0 Å². The van der Waals surface area contributed by atoms with Crippen LogP contribution in [0.3, 0.4) is 0 Å². The molecule has 0 aliphatic rings. The van der Waals surface area contributed by atoms with Gasteiger partial charge in [-0.05, 0) is 42.7 Å². The largest absolute Gasteiger partial charge is 0.494 e. The maximum atomic E-state index is 12.1. The van der Waals surface area contributed by atoms with E-state index in [1.54, 1.807) is 18.2 Å². The second-order valence-electron chi connectivity index (χ2n) is 6.09. The van der Waals surface area contributed by atoms with E-state index in [-0.39, 0.29) is 12.5 Å². The molecule has 0 atom stereocenters. The Hall–Kier alpha value is -1.91. The van der Waals surface area contributed by atoms with Crippen LogP contribution in [-0.4, -0.2) is 19.1 Å². The third kappa shape index (κ3) is 6.85. The molecule has 0 radical (unpaired) electrons. The van der Waals surface area contributed by atoms with Gasteiger partial charge in [-0.2, -0.15) is 0 Å². The number of carbonyl (C=O) groups excluding carboxylic acids is 1. The SMILES string of the molecule is CC(C)CCOc1cccc(NC(=O)CNc2ccc(Cl)c(Cl)c2)c1. The van der Waals surface area contributed by atoms with Gasteiger partial charge in [0.25, 0.3) is 0 Å². The van der Waals surface area contributed by atoms with E-state index in [9.17, 15) is 4.79 Å². The molecule has 0 unspecified atom stereocenters. The van der Waals surface area contributed by atoms with Crippen molar-refractivity contribution in [2.24, 2.45) is 5.92 Å². The van der Waals surface area contributed by atoms with Gasteiger partial charge in [0.05, 0.1) is 23.2 Å². The number of amides is 1. The summed E-state index contributed by atoms with van der Waals surface area (Å²) in [5.74, 6) is 1.18. The van der Waals surface area contributed by atoms with Gasteiger partial charge in [0.15, 0.2) is 0 Å². The number of ether oxygens (including phenoxy) is 1. The summed E-state index contributed by atoms with van der Waals surface area (Å²) in [5.41, 5.74) is 1.43. The first-order chi connectivity index (χ1) is 11.9. The molecule has 0 fully saturated rings. The van der Waals surface area contributed by atoms with Crippen molar-refractivity contribution in [2.75, 3.05) is 23.8 Å². The first-order valence-corrected chi connectivity index (χ1v) is 8.91. The molecule has 134 valence electrons. The third-order valence-electron chi connectivity index (χ3n) is 3.45. The van der Waals surface area contributed by atoms with Gasteiger partial charge < -0.3 is 15.4 Å². The van der Waals surface area contributed by atoms with Crippen LogP contribution in [0, 0.1) is 5.92 Å². The number of hydrogen-bond acceptors (Lipinski definition) is 3. The van der Waals surface area contributed by atoms with Crippen LogP contribution in [0.5, 0.6) is 5.75 Å². The average Bonchev–Trinajstić information content (AvgIpc) is 2.56. The molecule has 4 nitrogen and oxygen atoms in total. The molecule has 6 heteroatoms. The lowest BCUT2D eigenvalue weighted by molar-refractivity contribution is -0.114. The molecular weight excluding hydrogens is 359 g/mol. The van der Waals surface area contributed by atoms with Crippen LogP contribution in [-0.2, 0) is 4.79 Å². The quantitative estimate of drug-likeness (QED) is 0.638. The summed E-state index contributed by atoms with van der Waals surface area (Å²) in [6, 6.07) is 12.5. The minimum Gasteiger partial charge on any atom is -0.494 e. The van der Waals surface area contributed by atoms with Gasteiger partial charge in [-0.15, -0.1) is 0 Å². The van der Waals surface area contributed by atoms with Crippen molar-refractivity contribution in [1.82, 2.24) is 0 Å². The highest BCUT2D eigenvalue weighted by Gasteiger charge is 2.05. The van der Waals surface area contributed by atoms with Gasteiger partial charge >= 0.3 is 0 Å². The van der Waals surface area contributed by atoms with Gasteiger partial charge in [0.1, 0.15) is 5.75 Å². The molecule has 0 saturated carbocycles. The van der Waals surface area contributed by atoms with Crippen molar-refractivity contribution in [3.05, 3.63) is 52.5 Å². The summed E-state index contributed by atoms with van der Waals surface area (Å²) in [6.45, 7) is 5.09. The third-order valence-corrected chi connectivity index (χ3v) is 4.19. The fraction of sp³-hybridized carbons (Fsp3) is 0.316. The van der Waals surface area contributed by atoms with Crippen molar-refractivity contribution >= 4 is 40.5 Å². The molecule has 0 spiro atoms. The van der Waals surface area contributed by atoms with Crippen LogP contribution in [0.15, 0.2) is 42.5 Å². The molecular formula is C19H22Cl2N2O2. The Kier molecular flexibility index (Phi) is 7.41. The number of anilines is 2. The Balaban J connectivity index is 1.84. The zero-order valence-electron chi connectivity index (χ0n) is 14.3. The highest BCUT2D eigenvalue weighted by Crippen LogP contribution is 2.25. The normalized spacial score (nSPS) is 10.6. The standard InChI is InChI=1S/C19H22Cl2N2O2/c1-13(2)8-9-25-16-5-3-4-15(10-16)23-19(24)12-22-14-6-7-17(20)18(21)11-14/h3-7,10-11,13,22H,8-9,12H2,1-2H3,(H,23,24). The maximum Gasteiger partial charge on any atom is 0.243 e. The fourth-order valence-electron chi connectivity index (χ4n) is 2.07. The Morgan fingerprint density at radius 3 is 2.60 bits per heavy atom. The molecule has 2 N–H and O–H groups in total. The summed E-state index contributed by atoms with van der Waals surface area (Å²) in [6.07, 6.45) is 0.990. The number of hydrogen-bond donors (Lipinski definition) is 2. The second-order valence-corrected chi connectivity index (χ2v) is 6.90. The Morgan fingerprint density at radius 1 is 1.08 bits per heavy atom. The summed E-state index contributed by atoms with van der Waals surface area (Å²) in [7, 11) is 0. The van der Waals surface area contributed by atoms with Gasteiger partial charge in [-0.1, -0.05) is 43.1 Å². The van der Waals surface area contributed by atoms with Crippen LogP contribution in [0.4, 0.5) is 11.4 Å². The van der Waals surface area contributed by atoms with E-state index >= 15 is 0 Å². The molecule has 2 rings (SSSR count). The van der Waals surface area contributed by atoms with E-state index in [1.165, 1.54) is 0 Å². The van der Waals surface area contributed by atoms with Crippen LogP contribution >= 0.6 is 23.2 Å². The monoisotopic (exact) mass is 380 g/mol. The van der Waals surface area contributed by atoms with E-state index in [0.29, 0.717) is 28.3 Å². The van der Waals surface area contributed by atoms with E-state index in [4.69, 9.17) is 27.9 Å². The lowest BCUT2D eigenvalue weighted by Gasteiger charge is -2.11. The number of rotatable bonds is 8. The lowest BCUT2D eigenvalue weighted by atomic mass is 10.1. The van der Waals surface area contributed by atoms with Crippen molar-refractivity contribution in [3.8, 4) is 5.75 Å². The fourth-order valence-corrected chi connectivity index (χ4v) is 2.37. The zero-order valence-corrected chi connectivity index (χ0v) is 15.8. The summed E-state index contributed by atoms with van der Waals surface area (Å²) < 4.78 is 5.70. The summed E-state index contributed by atoms with van der Waals surface area (Å²) in [4.78, 5) is 12.1. The number of benzene rings is 2. The Bertz CT molecular complexity index is 720. The Labute approximate surface area is 158 Å². The van der Waals surface area contributed by atoms with Crippen LogP contribution in [0.1, 0.15) is 20.3 Å². The molecule has 25 heavy (non-hydrogen) atoms. The molecule has 0 heterocycles. The van der Waals surface area contributed by atoms with Crippen molar-refractivity contribution in [2.45, 2.75) is 20.3 Å². The molecule has 2 aromatic rings. The first kappa shape index (κ1) is 19.4. The molecule has 0 aliphatic heterocycles. The summed E-state index contributed by atoms with van der Waals surface area (Å²) >= 11 is 11.8.